The fourth-order valence-corrected chi connectivity index (χ4v) is 2.74. The Labute approximate surface area is 137 Å². The van der Waals surface area contributed by atoms with Crippen LogP contribution < -0.4 is 5.32 Å². The number of nitrogens with one attached hydrogen (secondary N) is 1. The minimum absolute atomic E-state index is 0.208. The highest BCUT2D eigenvalue weighted by molar-refractivity contribution is 7.98. The second kappa shape index (κ2) is 6.70. The van der Waals surface area contributed by atoms with Crippen LogP contribution in [0.25, 0.3) is 0 Å². The Balaban J connectivity index is 1.78. The number of amides is 1. The zero-order valence-electron chi connectivity index (χ0n) is 12.8. The molecule has 0 fully saturated rings. The zero-order chi connectivity index (χ0) is 16.2. The molecular formula is C16H16N4O2S. The van der Waals surface area contributed by atoms with Gasteiger partial charge in [-0.15, -0.1) is 11.8 Å². The molecule has 0 radical (unpaired) electrons. The van der Waals surface area contributed by atoms with Crippen LogP contribution in [0, 0.1) is 6.92 Å². The van der Waals surface area contributed by atoms with Crippen LogP contribution in [0.3, 0.4) is 0 Å². The van der Waals surface area contributed by atoms with Crippen molar-refractivity contribution in [3.05, 3.63) is 59.8 Å². The maximum absolute atomic E-state index is 12.5. The molecule has 0 aromatic carbocycles. The van der Waals surface area contributed by atoms with Gasteiger partial charge in [-0.2, -0.15) is 5.10 Å². The van der Waals surface area contributed by atoms with Gasteiger partial charge in [0.15, 0.2) is 0 Å². The van der Waals surface area contributed by atoms with Crippen molar-refractivity contribution in [1.29, 1.82) is 0 Å². The number of aryl methyl sites for hydroxylation is 1. The number of carbonyl (C=O) groups is 1. The molecule has 3 aromatic heterocycles. The number of anilines is 1. The summed E-state index contributed by atoms with van der Waals surface area (Å²) in [5.74, 6) is 2.03. The predicted molar refractivity (Wildman–Crippen MR) is 88.7 cm³/mol. The number of thioether (sulfide) groups is 1. The fourth-order valence-electron chi connectivity index (χ4n) is 2.19. The topological polar surface area (TPSA) is 73.0 Å². The molecule has 1 N–H and O–H groups in total. The minimum Gasteiger partial charge on any atom is -0.464 e. The van der Waals surface area contributed by atoms with Crippen LogP contribution in [-0.4, -0.2) is 26.9 Å². The van der Waals surface area contributed by atoms with Gasteiger partial charge in [0.2, 0.25) is 0 Å². The molecule has 1 amide bonds. The Bertz CT molecular complexity index is 825. The number of carbonyl (C=O) groups excluding carboxylic acids is 1. The number of nitrogens with zero attached hydrogens (tertiary/aromatic N) is 3. The highest BCUT2D eigenvalue weighted by atomic mass is 32.2. The second-order valence-corrected chi connectivity index (χ2v) is 5.70. The van der Waals surface area contributed by atoms with Crippen molar-refractivity contribution in [3.63, 3.8) is 0 Å². The Kier molecular flexibility index (Phi) is 4.47. The lowest BCUT2D eigenvalue weighted by Crippen LogP contribution is -2.17. The molecule has 0 unspecified atom stereocenters. The van der Waals surface area contributed by atoms with Crippen molar-refractivity contribution in [2.75, 3.05) is 11.6 Å². The first-order valence-electron chi connectivity index (χ1n) is 7.05. The SMILES string of the molecule is CSc1ncccc1C(=O)Nc1ccnn1Cc1ccc(C)o1. The molecule has 23 heavy (non-hydrogen) atoms. The molecule has 0 aliphatic heterocycles. The molecule has 0 aliphatic carbocycles. The summed E-state index contributed by atoms with van der Waals surface area (Å²) in [6.07, 6.45) is 5.21. The first-order chi connectivity index (χ1) is 11.2. The van der Waals surface area contributed by atoms with Crippen LogP contribution in [0.4, 0.5) is 5.82 Å². The number of hydrogen-bond donors (Lipinski definition) is 1. The molecule has 3 rings (SSSR count). The van der Waals surface area contributed by atoms with E-state index >= 15 is 0 Å². The van der Waals surface area contributed by atoms with Gasteiger partial charge in [-0.3, -0.25) is 4.79 Å². The smallest absolute Gasteiger partial charge is 0.259 e. The number of aromatic nitrogens is 3. The average molecular weight is 328 g/mol. The summed E-state index contributed by atoms with van der Waals surface area (Å²) in [6, 6.07) is 9.05. The van der Waals surface area contributed by atoms with Gasteiger partial charge in [-0.05, 0) is 37.4 Å². The van der Waals surface area contributed by atoms with Crippen molar-refractivity contribution in [2.24, 2.45) is 0 Å². The standard InChI is InChI=1S/C16H16N4O2S/c1-11-5-6-12(22-11)10-20-14(7-9-18-20)19-15(21)13-4-3-8-17-16(13)23-2/h3-9H,10H2,1-2H3,(H,19,21). The van der Waals surface area contributed by atoms with E-state index in [9.17, 15) is 4.79 Å². The summed E-state index contributed by atoms with van der Waals surface area (Å²) in [7, 11) is 0. The van der Waals surface area contributed by atoms with Gasteiger partial charge in [-0.1, -0.05) is 0 Å². The summed E-state index contributed by atoms with van der Waals surface area (Å²) in [5, 5.41) is 7.80. The third-order valence-corrected chi connectivity index (χ3v) is 3.98. The van der Waals surface area contributed by atoms with Gasteiger partial charge < -0.3 is 9.73 Å². The summed E-state index contributed by atoms with van der Waals surface area (Å²) in [6.45, 7) is 2.35. The summed E-state index contributed by atoms with van der Waals surface area (Å²) in [4.78, 5) is 16.7. The monoisotopic (exact) mass is 328 g/mol. The van der Waals surface area contributed by atoms with Crippen molar-refractivity contribution in [3.8, 4) is 0 Å². The van der Waals surface area contributed by atoms with Gasteiger partial charge in [-0.25, -0.2) is 9.67 Å². The zero-order valence-corrected chi connectivity index (χ0v) is 13.6. The van der Waals surface area contributed by atoms with Crippen LogP contribution in [-0.2, 0) is 6.54 Å². The molecule has 0 atom stereocenters. The number of rotatable bonds is 5. The highest BCUT2D eigenvalue weighted by Crippen LogP contribution is 2.19. The Morgan fingerprint density at radius 3 is 2.91 bits per heavy atom. The Morgan fingerprint density at radius 2 is 2.17 bits per heavy atom. The van der Waals surface area contributed by atoms with Gasteiger partial charge in [0.25, 0.3) is 5.91 Å². The molecule has 3 aromatic rings. The number of pyridine rings is 1. The largest absolute Gasteiger partial charge is 0.464 e. The van der Waals surface area contributed by atoms with Gasteiger partial charge in [0.1, 0.15) is 28.9 Å². The van der Waals surface area contributed by atoms with Crippen LogP contribution in [0.1, 0.15) is 21.9 Å². The molecule has 0 spiro atoms. The summed E-state index contributed by atoms with van der Waals surface area (Å²) >= 11 is 1.44. The lowest BCUT2D eigenvalue weighted by atomic mass is 10.2. The summed E-state index contributed by atoms with van der Waals surface area (Å²) in [5.41, 5.74) is 0.543. The third-order valence-electron chi connectivity index (χ3n) is 3.27. The minimum atomic E-state index is -0.208. The molecule has 3 heterocycles. The van der Waals surface area contributed by atoms with Crippen molar-refractivity contribution in [2.45, 2.75) is 18.5 Å². The van der Waals surface area contributed by atoms with Crippen molar-refractivity contribution < 1.29 is 9.21 Å². The lowest BCUT2D eigenvalue weighted by molar-refractivity contribution is 0.102. The Hall–Kier alpha value is -2.54. The quantitative estimate of drug-likeness (QED) is 0.728. The molecule has 6 nitrogen and oxygen atoms in total. The van der Waals surface area contributed by atoms with Crippen LogP contribution in [0.2, 0.25) is 0 Å². The maximum Gasteiger partial charge on any atom is 0.259 e. The third kappa shape index (κ3) is 3.45. The molecule has 0 saturated carbocycles. The molecule has 0 bridgehead atoms. The van der Waals surface area contributed by atoms with E-state index in [0.29, 0.717) is 23.0 Å². The van der Waals surface area contributed by atoms with E-state index in [1.165, 1.54) is 11.8 Å². The molecule has 0 aliphatic rings. The highest BCUT2D eigenvalue weighted by Gasteiger charge is 2.14. The van der Waals surface area contributed by atoms with Crippen molar-refractivity contribution >= 4 is 23.5 Å². The average Bonchev–Trinajstić information content (AvgIpc) is 3.17. The van der Waals surface area contributed by atoms with E-state index in [0.717, 1.165) is 11.5 Å². The molecule has 7 heteroatoms. The first kappa shape index (κ1) is 15.4. The van der Waals surface area contributed by atoms with Crippen molar-refractivity contribution in [1.82, 2.24) is 14.8 Å². The Morgan fingerprint density at radius 1 is 1.30 bits per heavy atom. The second-order valence-electron chi connectivity index (χ2n) is 4.90. The van der Waals surface area contributed by atoms with Gasteiger partial charge >= 0.3 is 0 Å². The fraction of sp³-hybridized carbons (Fsp3) is 0.188. The normalized spacial score (nSPS) is 10.7. The molecular weight excluding hydrogens is 312 g/mol. The van der Waals surface area contributed by atoms with Crippen LogP contribution in [0.5, 0.6) is 0 Å². The maximum atomic E-state index is 12.5. The van der Waals surface area contributed by atoms with E-state index in [2.05, 4.69) is 15.4 Å². The molecule has 0 saturated heterocycles. The van der Waals surface area contributed by atoms with E-state index < -0.39 is 0 Å². The first-order valence-corrected chi connectivity index (χ1v) is 8.27. The number of hydrogen-bond acceptors (Lipinski definition) is 5. The predicted octanol–water partition coefficient (Wildman–Crippen LogP) is 3.20. The molecule has 118 valence electrons. The van der Waals surface area contributed by atoms with E-state index in [-0.39, 0.29) is 5.91 Å². The number of furan rings is 1. The van der Waals surface area contributed by atoms with Gasteiger partial charge in [0, 0.05) is 12.3 Å². The lowest BCUT2D eigenvalue weighted by Gasteiger charge is -2.09. The van der Waals surface area contributed by atoms with Gasteiger partial charge in [0.05, 0.1) is 11.8 Å². The van der Waals surface area contributed by atoms with E-state index in [1.807, 2.05) is 25.3 Å². The van der Waals surface area contributed by atoms with E-state index in [1.54, 1.807) is 35.3 Å². The van der Waals surface area contributed by atoms with Crippen LogP contribution >= 0.6 is 11.8 Å². The van der Waals surface area contributed by atoms with E-state index in [4.69, 9.17) is 4.42 Å². The summed E-state index contributed by atoms with van der Waals surface area (Å²) < 4.78 is 7.24. The van der Waals surface area contributed by atoms with Crippen LogP contribution in [0.15, 0.2) is 52.2 Å².